The van der Waals surface area contributed by atoms with Crippen LogP contribution in [-0.4, -0.2) is 22.0 Å². The van der Waals surface area contributed by atoms with Crippen molar-refractivity contribution in [1.82, 2.24) is 9.97 Å². The topological polar surface area (TPSA) is 75.0 Å². The molecule has 0 saturated carbocycles. The van der Waals surface area contributed by atoms with Crippen molar-refractivity contribution >= 4 is 28.7 Å². The molecule has 3 N–H and O–H groups in total. The zero-order chi connectivity index (χ0) is 14.7. The van der Waals surface area contributed by atoms with Crippen molar-refractivity contribution in [3.8, 4) is 0 Å². The quantitative estimate of drug-likeness (QED) is 0.838. The van der Waals surface area contributed by atoms with Gasteiger partial charge in [-0.1, -0.05) is 31.3 Å². The molecule has 5 nitrogen and oxygen atoms in total. The first-order chi connectivity index (χ1) is 9.52. The molecule has 0 unspecified atom stereocenters. The summed E-state index contributed by atoms with van der Waals surface area (Å²) in [6, 6.07) is 8.95. The molecule has 104 valence electrons. The highest BCUT2D eigenvalue weighted by molar-refractivity contribution is 7.80. The van der Waals surface area contributed by atoms with Gasteiger partial charge in [-0.3, -0.25) is 4.79 Å². The van der Waals surface area contributed by atoms with Crippen LogP contribution in [0.25, 0.3) is 0 Å². The van der Waals surface area contributed by atoms with Crippen LogP contribution in [0.15, 0.2) is 35.1 Å². The van der Waals surface area contributed by atoms with E-state index in [4.69, 9.17) is 18.0 Å². The van der Waals surface area contributed by atoms with E-state index in [1.807, 2.05) is 43.1 Å². The molecule has 0 amide bonds. The van der Waals surface area contributed by atoms with E-state index < -0.39 is 0 Å². The molecule has 1 aromatic heterocycles. The third kappa shape index (κ3) is 2.85. The summed E-state index contributed by atoms with van der Waals surface area (Å²) in [6.07, 6.45) is 0.661. The van der Waals surface area contributed by atoms with Crippen LogP contribution in [-0.2, 0) is 6.42 Å². The lowest BCUT2D eigenvalue weighted by Crippen LogP contribution is -2.21. The van der Waals surface area contributed by atoms with Crippen molar-refractivity contribution in [2.75, 3.05) is 11.9 Å². The van der Waals surface area contributed by atoms with Gasteiger partial charge in [0.25, 0.3) is 5.56 Å². The number of H-pyrrole nitrogens is 1. The highest BCUT2D eigenvalue weighted by atomic mass is 32.1. The van der Waals surface area contributed by atoms with E-state index in [9.17, 15) is 4.79 Å². The second kappa shape index (κ2) is 5.83. The molecule has 1 heterocycles. The predicted octanol–water partition coefficient (Wildman–Crippen LogP) is 1.73. The first-order valence-corrected chi connectivity index (χ1v) is 6.66. The third-order valence-corrected chi connectivity index (χ3v) is 3.21. The minimum Gasteiger partial charge on any atom is -0.389 e. The Bertz CT molecular complexity index is 696. The highest BCUT2D eigenvalue weighted by Crippen LogP contribution is 2.24. The van der Waals surface area contributed by atoms with Crippen LogP contribution in [0.2, 0.25) is 0 Å². The number of aryl methyl sites for hydroxylation is 1. The number of hydrogen-bond acceptors (Lipinski definition) is 4. The van der Waals surface area contributed by atoms with Crippen LogP contribution in [0.3, 0.4) is 0 Å². The first kappa shape index (κ1) is 14.2. The van der Waals surface area contributed by atoms with Crippen molar-refractivity contribution in [2.45, 2.75) is 13.3 Å². The van der Waals surface area contributed by atoms with Gasteiger partial charge in [0.05, 0.1) is 5.69 Å². The molecule has 1 aromatic carbocycles. The third-order valence-electron chi connectivity index (χ3n) is 2.99. The molecule has 6 heteroatoms. The van der Waals surface area contributed by atoms with Gasteiger partial charge in [-0.05, 0) is 12.1 Å². The van der Waals surface area contributed by atoms with E-state index in [1.54, 1.807) is 0 Å². The van der Waals surface area contributed by atoms with E-state index >= 15 is 0 Å². The Hall–Kier alpha value is -2.21. The number of thiocarbonyl (C=S) groups is 1. The van der Waals surface area contributed by atoms with Gasteiger partial charge in [0, 0.05) is 25.1 Å². The van der Waals surface area contributed by atoms with Crippen molar-refractivity contribution in [2.24, 2.45) is 5.73 Å². The van der Waals surface area contributed by atoms with E-state index in [0.29, 0.717) is 23.1 Å². The Labute approximate surface area is 122 Å². The molecule has 2 aromatic rings. The first-order valence-electron chi connectivity index (χ1n) is 6.25. The molecular weight excluding hydrogens is 272 g/mol. The molecule has 0 spiro atoms. The van der Waals surface area contributed by atoms with Gasteiger partial charge in [0.2, 0.25) is 0 Å². The molecule has 0 fully saturated rings. The maximum Gasteiger partial charge on any atom is 0.252 e. The average molecular weight is 288 g/mol. The molecule has 0 radical (unpaired) electrons. The number of nitrogens with two attached hydrogens (primary N) is 1. The lowest BCUT2D eigenvalue weighted by Gasteiger charge is -2.21. The van der Waals surface area contributed by atoms with Crippen LogP contribution in [0.1, 0.15) is 18.3 Å². The number of para-hydroxylation sites is 1. The monoisotopic (exact) mass is 288 g/mol. The fraction of sp³-hybridized carbons (Fsp3) is 0.214. The van der Waals surface area contributed by atoms with Crippen LogP contribution in [0, 0.1) is 0 Å². The number of hydrogen-bond donors (Lipinski definition) is 2. The van der Waals surface area contributed by atoms with Crippen molar-refractivity contribution < 1.29 is 0 Å². The summed E-state index contributed by atoms with van der Waals surface area (Å²) in [5.41, 5.74) is 7.13. The second-order valence-electron chi connectivity index (χ2n) is 4.34. The van der Waals surface area contributed by atoms with Crippen molar-refractivity contribution in [3.63, 3.8) is 0 Å². The smallest absolute Gasteiger partial charge is 0.252 e. The zero-order valence-corrected chi connectivity index (χ0v) is 12.2. The van der Waals surface area contributed by atoms with Gasteiger partial charge in [0.1, 0.15) is 16.6 Å². The molecule has 0 aliphatic carbocycles. The average Bonchev–Trinajstić information content (AvgIpc) is 2.45. The summed E-state index contributed by atoms with van der Waals surface area (Å²) in [4.78, 5) is 20.9. The van der Waals surface area contributed by atoms with Crippen LogP contribution in [0.5, 0.6) is 0 Å². The molecule has 0 saturated heterocycles. The number of anilines is 2. The maximum atomic E-state index is 11.7. The fourth-order valence-corrected chi connectivity index (χ4v) is 2.10. The summed E-state index contributed by atoms with van der Waals surface area (Å²) in [5.74, 6) is 1.21. The highest BCUT2D eigenvalue weighted by Gasteiger charge is 2.12. The van der Waals surface area contributed by atoms with Gasteiger partial charge in [-0.25, -0.2) is 4.98 Å². The summed E-state index contributed by atoms with van der Waals surface area (Å²) >= 11 is 5.06. The molecule has 0 bridgehead atoms. The molecule has 0 aliphatic heterocycles. The van der Waals surface area contributed by atoms with Gasteiger partial charge in [-0.2, -0.15) is 0 Å². The molecule has 20 heavy (non-hydrogen) atoms. The number of nitrogens with one attached hydrogen (secondary N) is 1. The summed E-state index contributed by atoms with van der Waals surface area (Å²) in [5, 5.41) is 0. The SMILES string of the molecule is CCc1nc(N(C)c2ccccc2C(N)=S)cc(=O)[nH]1. The van der Waals surface area contributed by atoms with Gasteiger partial charge < -0.3 is 15.6 Å². The number of rotatable bonds is 4. The van der Waals surface area contributed by atoms with E-state index in [1.165, 1.54) is 6.07 Å². The van der Waals surface area contributed by atoms with Gasteiger partial charge >= 0.3 is 0 Å². The molecule has 2 rings (SSSR count). The number of aromatic nitrogens is 2. The lowest BCUT2D eigenvalue weighted by atomic mass is 10.1. The van der Waals surface area contributed by atoms with Crippen molar-refractivity contribution in [1.29, 1.82) is 0 Å². The molecule has 0 aliphatic rings. The van der Waals surface area contributed by atoms with E-state index in [2.05, 4.69) is 9.97 Å². The summed E-state index contributed by atoms with van der Waals surface area (Å²) < 4.78 is 0. The predicted molar refractivity (Wildman–Crippen MR) is 84.6 cm³/mol. The fourth-order valence-electron chi connectivity index (χ4n) is 1.93. The van der Waals surface area contributed by atoms with Crippen LogP contribution >= 0.6 is 12.2 Å². The lowest BCUT2D eigenvalue weighted by molar-refractivity contribution is 0.908. The zero-order valence-electron chi connectivity index (χ0n) is 11.4. The molecule has 0 atom stereocenters. The molecular formula is C14H16N4OS. The normalized spacial score (nSPS) is 10.3. The van der Waals surface area contributed by atoms with E-state index in [0.717, 1.165) is 11.3 Å². The standard InChI is InChI=1S/C14H16N4OS/c1-3-11-16-12(8-13(19)17-11)18(2)10-7-5-4-6-9(10)14(15)20/h4-8H,3H2,1-2H3,(H2,15,20)(H,16,17,19). The number of benzene rings is 1. The van der Waals surface area contributed by atoms with Gasteiger partial charge in [-0.15, -0.1) is 0 Å². The minimum absolute atomic E-state index is 0.175. The van der Waals surface area contributed by atoms with E-state index in [-0.39, 0.29) is 5.56 Å². The van der Waals surface area contributed by atoms with Crippen LogP contribution < -0.4 is 16.2 Å². The Balaban J connectivity index is 2.51. The Morgan fingerprint density at radius 3 is 2.80 bits per heavy atom. The summed E-state index contributed by atoms with van der Waals surface area (Å²) in [6.45, 7) is 1.94. The Kier molecular flexibility index (Phi) is 4.14. The number of nitrogens with zero attached hydrogens (tertiary/aromatic N) is 2. The Morgan fingerprint density at radius 1 is 1.45 bits per heavy atom. The maximum absolute atomic E-state index is 11.7. The van der Waals surface area contributed by atoms with Crippen molar-refractivity contribution in [3.05, 3.63) is 52.1 Å². The minimum atomic E-state index is -0.175. The largest absolute Gasteiger partial charge is 0.389 e. The van der Waals surface area contributed by atoms with Crippen LogP contribution in [0.4, 0.5) is 11.5 Å². The number of aromatic amines is 1. The van der Waals surface area contributed by atoms with Gasteiger partial charge in [0.15, 0.2) is 0 Å². The Morgan fingerprint density at radius 2 is 2.15 bits per heavy atom. The summed E-state index contributed by atoms with van der Waals surface area (Å²) in [7, 11) is 1.83. The second-order valence-corrected chi connectivity index (χ2v) is 4.78.